The summed E-state index contributed by atoms with van der Waals surface area (Å²) in [5.74, 6) is 1.84. The van der Waals surface area contributed by atoms with Crippen molar-refractivity contribution in [3.63, 3.8) is 0 Å². The van der Waals surface area contributed by atoms with Gasteiger partial charge < -0.3 is 5.32 Å². The number of nitrogens with zero attached hydrogens (tertiary/aromatic N) is 2. The Kier molecular flexibility index (Phi) is 4.58. The van der Waals surface area contributed by atoms with Gasteiger partial charge in [-0.15, -0.1) is 0 Å². The maximum absolute atomic E-state index is 12.3. The van der Waals surface area contributed by atoms with Crippen molar-refractivity contribution < 1.29 is 9.00 Å². The molecule has 1 aromatic heterocycles. The van der Waals surface area contributed by atoms with Crippen molar-refractivity contribution in [1.29, 1.82) is 0 Å². The van der Waals surface area contributed by atoms with E-state index in [0.717, 1.165) is 22.5 Å². The first kappa shape index (κ1) is 16.9. The maximum atomic E-state index is 12.3. The SMILES string of the molecule is Cc1ccc(-n2nc3c(c2NC(=O)CC(C)C)C[S@@](=O)C3)c(C)c1. The van der Waals surface area contributed by atoms with Crippen LogP contribution in [0.15, 0.2) is 18.2 Å². The summed E-state index contributed by atoms with van der Waals surface area (Å²) in [6, 6.07) is 6.15. The zero-order valence-electron chi connectivity index (χ0n) is 14.5. The molecule has 1 aromatic carbocycles. The number of fused-ring (bicyclic) bond motifs is 1. The van der Waals surface area contributed by atoms with Crippen LogP contribution in [0.1, 0.15) is 42.7 Å². The van der Waals surface area contributed by atoms with Crippen molar-refractivity contribution in [3.05, 3.63) is 40.6 Å². The molecular formula is C18H23N3O2S. The third-order valence-electron chi connectivity index (χ3n) is 4.10. The van der Waals surface area contributed by atoms with Gasteiger partial charge in [0.1, 0.15) is 5.82 Å². The van der Waals surface area contributed by atoms with E-state index in [1.807, 2.05) is 39.8 Å². The van der Waals surface area contributed by atoms with Crippen molar-refractivity contribution in [2.75, 3.05) is 5.32 Å². The third kappa shape index (κ3) is 3.29. The lowest BCUT2D eigenvalue weighted by Gasteiger charge is -2.14. The highest BCUT2D eigenvalue weighted by atomic mass is 32.2. The Morgan fingerprint density at radius 3 is 2.75 bits per heavy atom. The van der Waals surface area contributed by atoms with Crippen LogP contribution in [0.25, 0.3) is 5.69 Å². The van der Waals surface area contributed by atoms with E-state index < -0.39 is 10.8 Å². The lowest BCUT2D eigenvalue weighted by Crippen LogP contribution is -2.18. The van der Waals surface area contributed by atoms with Gasteiger partial charge >= 0.3 is 0 Å². The summed E-state index contributed by atoms with van der Waals surface area (Å²) < 4.78 is 13.7. The predicted octanol–water partition coefficient (Wildman–Crippen LogP) is 3.24. The van der Waals surface area contributed by atoms with Crippen molar-refractivity contribution >= 4 is 22.5 Å². The standard InChI is InChI=1S/C18H23N3O2S/c1-11(2)7-17(22)19-18-14-9-24(23)10-15(14)20-21(18)16-6-5-12(3)8-13(16)4/h5-6,8,11H,7,9-10H2,1-4H3,(H,19,22)/t24-/m1/s1. The van der Waals surface area contributed by atoms with Crippen molar-refractivity contribution in [2.45, 2.75) is 45.6 Å². The van der Waals surface area contributed by atoms with Gasteiger partial charge in [0.05, 0.1) is 22.9 Å². The molecule has 1 amide bonds. The van der Waals surface area contributed by atoms with E-state index in [1.54, 1.807) is 4.68 Å². The van der Waals surface area contributed by atoms with Crippen LogP contribution in [0, 0.1) is 19.8 Å². The highest BCUT2D eigenvalue weighted by molar-refractivity contribution is 7.83. The Bertz CT molecular complexity index is 824. The fourth-order valence-electron chi connectivity index (χ4n) is 3.03. The Morgan fingerprint density at radius 2 is 2.08 bits per heavy atom. The van der Waals surface area contributed by atoms with Crippen LogP contribution in [0.5, 0.6) is 0 Å². The summed E-state index contributed by atoms with van der Waals surface area (Å²) in [4.78, 5) is 12.3. The van der Waals surface area contributed by atoms with Crippen LogP contribution in [0.4, 0.5) is 5.82 Å². The predicted molar refractivity (Wildman–Crippen MR) is 96.7 cm³/mol. The average molecular weight is 345 g/mol. The molecule has 5 nitrogen and oxygen atoms in total. The van der Waals surface area contributed by atoms with Gasteiger partial charge in [-0.05, 0) is 31.4 Å². The van der Waals surface area contributed by atoms with Crippen molar-refractivity contribution in [1.82, 2.24) is 9.78 Å². The smallest absolute Gasteiger partial charge is 0.225 e. The minimum absolute atomic E-state index is 0.0311. The third-order valence-corrected chi connectivity index (χ3v) is 5.31. The number of aryl methyl sites for hydroxylation is 2. The number of anilines is 1. The molecule has 0 saturated carbocycles. The second-order valence-corrected chi connectivity index (χ2v) is 8.31. The van der Waals surface area contributed by atoms with Gasteiger partial charge in [0, 0.05) is 22.8 Å². The van der Waals surface area contributed by atoms with E-state index in [0.29, 0.717) is 23.7 Å². The summed E-state index contributed by atoms with van der Waals surface area (Å²) in [7, 11) is -0.925. The zero-order chi connectivity index (χ0) is 17.4. The van der Waals surface area contributed by atoms with Crippen LogP contribution in [-0.4, -0.2) is 19.9 Å². The zero-order valence-corrected chi connectivity index (χ0v) is 15.4. The van der Waals surface area contributed by atoms with Crippen LogP contribution in [0.3, 0.4) is 0 Å². The number of amides is 1. The fraction of sp³-hybridized carbons (Fsp3) is 0.444. The number of carbonyl (C=O) groups is 1. The quantitative estimate of drug-likeness (QED) is 0.925. The van der Waals surface area contributed by atoms with E-state index in [4.69, 9.17) is 0 Å². The molecule has 0 bridgehead atoms. The van der Waals surface area contributed by atoms with E-state index in [1.165, 1.54) is 5.56 Å². The van der Waals surface area contributed by atoms with E-state index in [2.05, 4.69) is 16.5 Å². The summed E-state index contributed by atoms with van der Waals surface area (Å²) in [5, 5.41) is 7.65. The molecule has 6 heteroatoms. The monoisotopic (exact) mass is 345 g/mol. The molecule has 1 N–H and O–H groups in total. The molecule has 0 saturated heterocycles. The lowest BCUT2D eigenvalue weighted by atomic mass is 10.1. The molecule has 2 aromatic rings. The van der Waals surface area contributed by atoms with Crippen LogP contribution in [-0.2, 0) is 27.1 Å². The first-order valence-corrected chi connectivity index (χ1v) is 9.67. The Balaban J connectivity index is 2.05. The molecule has 0 spiro atoms. The molecule has 1 atom stereocenters. The lowest BCUT2D eigenvalue weighted by molar-refractivity contribution is -0.116. The van der Waals surface area contributed by atoms with E-state index in [-0.39, 0.29) is 11.8 Å². The molecule has 1 aliphatic rings. The number of carbonyl (C=O) groups excluding carboxylic acids is 1. The van der Waals surface area contributed by atoms with Gasteiger partial charge in [-0.25, -0.2) is 4.68 Å². The normalized spacial score (nSPS) is 16.5. The van der Waals surface area contributed by atoms with Gasteiger partial charge in [0.15, 0.2) is 0 Å². The fourth-order valence-corrected chi connectivity index (χ4v) is 4.29. The Morgan fingerprint density at radius 1 is 1.33 bits per heavy atom. The number of rotatable bonds is 4. The second kappa shape index (κ2) is 6.51. The highest BCUT2D eigenvalue weighted by Gasteiger charge is 2.28. The minimum atomic E-state index is -0.925. The summed E-state index contributed by atoms with van der Waals surface area (Å²) >= 11 is 0. The molecule has 1 aliphatic heterocycles. The molecule has 2 heterocycles. The molecule has 0 aliphatic carbocycles. The Labute approximate surface area is 144 Å². The average Bonchev–Trinajstić information content (AvgIpc) is 2.96. The highest BCUT2D eigenvalue weighted by Crippen LogP contribution is 2.32. The number of nitrogens with one attached hydrogen (secondary N) is 1. The molecular weight excluding hydrogens is 322 g/mol. The number of aromatic nitrogens is 2. The largest absolute Gasteiger partial charge is 0.310 e. The van der Waals surface area contributed by atoms with Crippen LogP contribution < -0.4 is 5.32 Å². The van der Waals surface area contributed by atoms with E-state index in [9.17, 15) is 9.00 Å². The van der Waals surface area contributed by atoms with Crippen LogP contribution in [0.2, 0.25) is 0 Å². The number of hydrogen-bond acceptors (Lipinski definition) is 3. The first-order valence-electron chi connectivity index (χ1n) is 8.18. The van der Waals surface area contributed by atoms with Crippen molar-refractivity contribution in [2.24, 2.45) is 5.92 Å². The molecule has 128 valence electrons. The second-order valence-electron chi connectivity index (χ2n) is 6.85. The summed E-state index contributed by atoms with van der Waals surface area (Å²) in [6.07, 6.45) is 0.454. The van der Waals surface area contributed by atoms with Crippen molar-refractivity contribution in [3.8, 4) is 5.69 Å². The Hall–Kier alpha value is -1.95. The van der Waals surface area contributed by atoms with E-state index >= 15 is 0 Å². The molecule has 3 rings (SSSR count). The van der Waals surface area contributed by atoms with Crippen LogP contribution >= 0.6 is 0 Å². The topological polar surface area (TPSA) is 64.0 Å². The molecule has 0 radical (unpaired) electrons. The molecule has 0 unspecified atom stereocenters. The van der Waals surface area contributed by atoms with Gasteiger partial charge in [0.25, 0.3) is 0 Å². The first-order chi connectivity index (χ1) is 11.3. The minimum Gasteiger partial charge on any atom is -0.310 e. The number of hydrogen-bond donors (Lipinski definition) is 1. The van der Waals surface area contributed by atoms with Gasteiger partial charge in [-0.1, -0.05) is 31.5 Å². The molecule has 24 heavy (non-hydrogen) atoms. The maximum Gasteiger partial charge on any atom is 0.225 e. The molecule has 0 fully saturated rings. The van der Waals surface area contributed by atoms with Gasteiger partial charge in [-0.2, -0.15) is 5.10 Å². The summed E-state index contributed by atoms with van der Waals surface area (Å²) in [6.45, 7) is 8.11. The van der Waals surface area contributed by atoms with Gasteiger partial charge in [0.2, 0.25) is 5.91 Å². The van der Waals surface area contributed by atoms with Gasteiger partial charge in [-0.3, -0.25) is 9.00 Å². The summed E-state index contributed by atoms with van der Waals surface area (Å²) in [5.41, 5.74) is 4.96. The number of benzene rings is 1.